The molecule has 0 saturated heterocycles. The maximum Gasteiger partial charge on any atom is 0.143 e. The summed E-state index contributed by atoms with van der Waals surface area (Å²) in [7, 11) is 1.68. The number of aliphatic imine (C=N–C) groups is 1. The topological polar surface area (TPSA) is 50.4 Å². The van der Waals surface area contributed by atoms with Crippen LogP contribution in [-0.2, 0) is 0 Å². The Bertz CT molecular complexity index is 336. The van der Waals surface area contributed by atoms with Gasteiger partial charge >= 0.3 is 0 Å². The molecule has 0 amide bonds. The molecule has 0 aliphatic heterocycles. The van der Waals surface area contributed by atoms with Crippen molar-refractivity contribution in [3.05, 3.63) is 32.7 Å². The van der Waals surface area contributed by atoms with Gasteiger partial charge in [-0.1, -0.05) is 15.9 Å². The van der Waals surface area contributed by atoms with E-state index >= 15 is 0 Å². The van der Waals surface area contributed by atoms with Crippen LogP contribution in [0.15, 0.2) is 32.1 Å². The van der Waals surface area contributed by atoms with Crippen LogP contribution in [-0.4, -0.2) is 12.9 Å². The second-order valence-electron chi connectivity index (χ2n) is 2.34. The van der Waals surface area contributed by atoms with Crippen molar-refractivity contribution in [2.45, 2.75) is 0 Å². The zero-order chi connectivity index (χ0) is 9.84. The molecule has 5 heteroatoms. The molecule has 0 radical (unpaired) electrons. The first-order chi connectivity index (χ1) is 6.19. The lowest BCUT2D eigenvalue weighted by atomic mass is 10.2. The van der Waals surface area contributed by atoms with Crippen LogP contribution in [0, 0.1) is 0 Å². The van der Waals surface area contributed by atoms with Crippen LogP contribution in [0.1, 0.15) is 5.56 Å². The minimum Gasteiger partial charge on any atom is -0.308 e. The third-order valence-electron chi connectivity index (χ3n) is 1.55. The van der Waals surface area contributed by atoms with E-state index in [0.717, 1.165) is 14.5 Å². The highest BCUT2D eigenvalue weighted by Crippen LogP contribution is 2.21. The first-order valence-corrected chi connectivity index (χ1v) is 5.16. The predicted octanol–water partition coefficient (Wildman–Crippen LogP) is 2.05. The first kappa shape index (κ1) is 10.7. The summed E-state index contributed by atoms with van der Waals surface area (Å²) in [6, 6.07) is 5.80. The van der Waals surface area contributed by atoms with Crippen molar-refractivity contribution in [3.63, 3.8) is 0 Å². The largest absolute Gasteiger partial charge is 0.308 e. The Labute approximate surface area is 93.7 Å². The second-order valence-corrected chi connectivity index (χ2v) is 4.11. The number of halogens is 2. The number of hydrogen-bond acceptors (Lipinski definition) is 2. The van der Waals surface area contributed by atoms with Gasteiger partial charge in [-0.2, -0.15) is 0 Å². The van der Waals surface area contributed by atoms with E-state index in [-0.39, 0.29) is 0 Å². The van der Waals surface area contributed by atoms with E-state index in [9.17, 15) is 0 Å². The molecule has 0 unspecified atom stereocenters. The van der Waals surface area contributed by atoms with Gasteiger partial charge in [-0.25, -0.2) is 5.84 Å². The molecule has 0 saturated carbocycles. The number of hydrogen-bond donors (Lipinski definition) is 2. The molecule has 1 aromatic rings. The van der Waals surface area contributed by atoms with E-state index in [4.69, 9.17) is 5.84 Å². The van der Waals surface area contributed by atoms with E-state index < -0.39 is 0 Å². The van der Waals surface area contributed by atoms with E-state index in [2.05, 4.69) is 42.3 Å². The molecule has 3 N–H and O–H groups in total. The molecule has 0 heterocycles. The fourth-order valence-electron chi connectivity index (χ4n) is 0.944. The summed E-state index contributed by atoms with van der Waals surface area (Å²) >= 11 is 6.79. The van der Waals surface area contributed by atoms with Crippen molar-refractivity contribution >= 4 is 37.7 Å². The average molecular weight is 307 g/mol. The van der Waals surface area contributed by atoms with Crippen LogP contribution in [0.4, 0.5) is 0 Å². The van der Waals surface area contributed by atoms with Gasteiger partial charge in [0.25, 0.3) is 0 Å². The summed E-state index contributed by atoms with van der Waals surface area (Å²) in [6.45, 7) is 0. The lowest BCUT2D eigenvalue weighted by molar-refractivity contribution is 1.02. The molecule has 70 valence electrons. The van der Waals surface area contributed by atoms with Crippen molar-refractivity contribution in [1.29, 1.82) is 0 Å². The number of rotatable bonds is 1. The number of nitrogens with two attached hydrogens (primary N) is 1. The van der Waals surface area contributed by atoms with E-state index in [1.807, 2.05) is 18.2 Å². The Kier molecular flexibility index (Phi) is 3.90. The minimum absolute atomic E-state index is 0.652. The normalized spacial score (nSPS) is 11.5. The number of nitrogens with one attached hydrogen (secondary N) is 1. The smallest absolute Gasteiger partial charge is 0.143 e. The predicted molar refractivity (Wildman–Crippen MR) is 61.6 cm³/mol. The van der Waals surface area contributed by atoms with Gasteiger partial charge in [-0.15, -0.1) is 0 Å². The van der Waals surface area contributed by atoms with Crippen molar-refractivity contribution in [2.24, 2.45) is 10.8 Å². The highest BCUT2D eigenvalue weighted by atomic mass is 79.9. The maximum atomic E-state index is 5.31. The van der Waals surface area contributed by atoms with Crippen LogP contribution < -0.4 is 11.3 Å². The number of benzene rings is 1. The van der Waals surface area contributed by atoms with E-state index in [0.29, 0.717) is 5.84 Å². The lowest BCUT2D eigenvalue weighted by Gasteiger charge is -2.06. The van der Waals surface area contributed by atoms with Crippen molar-refractivity contribution < 1.29 is 0 Å². The highest BCUT2D eigenvalue weighted by Gasteiger charge is 2.05. The molecule has 0 bridgehead atoms. The first-order valence-electron chi connectivity index (χ1n) is 3.58. The Balaban J connectivity index is 3.15. The number of amidine groups is 1. The fourth-order valence-corrected chi connectivity index (χ4v) is 2.18. The van der Waals surface area contributed by atoms with Gasteiger partial charge in [0.2, 0.25) is 0 Å². The SMILES string of the molecule is CN=C(NN)c1ccc(Br)cc1Br. The molecular formula is C8H9Br2N3. The molecule has 3 nitrogen and oxygen atoms in total. The molecular weight excluding hydrogens is 298 g/mol. The summed E-state index contributed by atoms with van der Waals surface area (Å²) in [5.74, 6) is 5.96. The quantitative estimate of drug-likeness (QED) is 0.361. The molecule has 13 heavy (non-hydrogen) atoms. The Morgan fingerprint density at radius 2 is 2.15 bits per heavy atom. The molecule has 0 fully saturated rings. The summed E-state index contributed by atoms with van der Waals surface area (Å²) in [6.07, 6.45) is 0. The summed E-state index contributed by atoms with van der Waals surface area (Å²) < 4.78 is 1.95. The molecule has 1 aromatic carbocycles. The molecule has 0 aromatic heterocycles. The zero-order valence-corrected chi connectivity index (χ0v) is 10.2. The van der Waals surface area contributed by atoms with Crippen LogP contribution in [0.2, 0.25) is 0 Å². The van der Waals surface area contributed by atoms with Gasteiger partial charge < -0.3 is 5.43 Å². The van der Waals surface area contributed by atoms with Gasteiger partial charge in [0.05, 0.1) is 0 Å². The van der Waals surface area contributed by atoms with E-state index in [1.165, 1.54) is 0 Å². The fraction of sp³-hybridized carbons (Fsp3) is 0.125. The number of nitrogens with zero attached hydrogens (tertiary/aromatic N) is 1. The van der Waals surface area contributed by atoms with Gasteiger partial charge in [0.15, 0.2) is 0 Å². The summed E-state index contributed by atoms with van der Waals surface area (Å²) in [5, 5.41) is 0. The van der Waals surface area contributed by atoms with Crippen molar-refractivity contribution in [1.82, 2.24) is 5.43 Å². The molecule has 0 aliphatic rings. The van der Waals surface area contributed by atoms with E-state index in [1.54, 1.807) is 7.05 Å². The van der Waals surface area contributed by atoms with Gasteiger partial charge in [0.1, 0.15) is 5.84 Å². The van der Waals surface area contributed by atoms with Gasteiger partial charge in [0, 0.05) is 21.6 Å². The van der Waals surface area contributed by atoms with Crippen molar-refractivity contribution in [2.75, 3.05) is 7.05 Å². The lowest BCUT2D eigenvalue weighted by Crippen LogP contribution is -2.31. The Morgan fingerprint density at radius 3 is 2.62 bits per heavy atom. The average Bonchev–Trinajstić information content (AvgIpc) is 2.10. The second kappa shape index (κ2) is 4.74. The van der Waals surface area contributed by atoms with Crippen LogP contribution in [0.5, 0.6) is 0 Å². The standard InChI is InChI=1S/C8H9Br2N3/c1-12-8(13-11)6-3-2-5(9)4-7(6)10/h2-4H,11H2,1H3,(H,12,13). The highest BCUT2D eigenvalue weighted by molar-refractivity contribution is 9.11. The van der Waals surface area contributed by atoms with Crippen LogP contribution in [0.3, 0.4) is 0 Å². The third-order valence-corrected chi connectivity index (χ3v) is 2.70. The maximum absolute atomic E-state index is 5.31. The molecule has 1 rings (SSSR count). The Hall–Kier alpha value is -0.390. The Morgan fingerprint density at radius 1 is 1.46 bits per heavy atom. The zero-order valence-electron chi connectivity index (χ0n) is 7.01. The molecule has 0 atom stereocenters. The number of hydrazine groups is 1. The molecule has 0 aliphatic carbocycles. The third kappa shape index (κ3) is 2.52. The van der Waals surface area contributed by atoms with Crippen molar-refractivity contribution in [3.8, 4) is 0 Å². The molecule has 0 spiro atoms. The van der Waals surface area contributed by atoms with Gasteiger partial charge in [-0.05, 0) is 34.1 Å². The summed E-state index contributed by atoms with van der Waals surface area (Å²) in [4.78, 5) is 4.00. The van der Waals surface area contributed by atoms with Gasteiger partial charge in [-0.3, -0.25) is 4.99 Å². The van der Waals surface area contributed by atoms with Crippen LogP contribution in [0.25, 0.3) is 0 Å². The summed E-state index contributed by atoms with van der Waals surface area (Å²) in [5.41, 5.74) is 3.47. The monoisotopic (exact) mass is 305 g/mol. The van der Waals surface area contributed by atoms with Crippen LogP contribution >= 0.6 is 31.9 Å². The minimum atomic E-state index is 0.652.